The van der Waals surface area contributed by atoms with Gasteiger partial charge in [-0.3, -0.25) is 4.79 Å². The number of piperidine rings is 1. The van der Waals surface area contributed by atoms with Crippen LogP contribution in [0.2, 0.25) is 0 Å². The van der Waals surface area contributed by atoms with E-state index in [0.717, 1.165) is 31.5 Å². The highest BCUT2D eigenvalue weighted by molar-refractivity contribution is 5.83. The molecule has 3 atom stereocenters. The lowest BCUT2D eigenvalue weighted by Gasteiger charge is -2.37. The van der Waals surface area contributed by atoms with Gasteiger partial charge in [0, 0.05) is 11.5 Å². The van der Waals surface area contributed by atoms with E-state index >= 15 is 0 Å². The lowest BCUT2D eigenvalue weighted by Crippen LogP contribution is -2.41. The summed E-state index contributed by atoms with van der Waals surface area (Å²) >= 11 is 0. The van der Waals surface area contributed by atoms with Crippen molar-refractivity contribution in [3.05, 3.63) is 35.4 Å². The van der Waals surface area contributed by atoms with Gasteiger partial charge in [-0.1, -0.05) is 30.7 Å². The number of hydrogen-bond acceptors (Lipinski definition) is 3. The molecule has 1 N–H and O–H groups in total. The monoisotopic (exact) mass is 369 g/mol. The van der Waals surface area contributed by atoms with E-state index < -0.39 is 5.60 Å². The van der Waals surface area contributed by atoms with Crippen LogP contribution in [0.15, 0.2) is 24.3 Å². The van der Waals surface area contributed by atoms with Crippen molar-refractivity contribution in [2.24, 2.45) is 11.3 Å². The lowest BCUT2D eigenvalue weighted by molar-refractivity contribution is -0.127. The van der Waals surface area contributed by atoms with Crippen LogP contribution < -0.4 is 0 Å². The lowest BCUT2D eigenvalue weighted by atomic mass is 9.77. The van der Waals surface area contributed by atoms with Crippen LogP contribution in [0.5, 0.6) is 0 Å². The fraction of sp³-hybridized carbons (Fsp3) is 0.708. The van der Waals surface area contributed by atoms with E-state index in [1.807, 2.05) is 26.8 Å². The normalized spacial score (nSPS) is 32.6. The predicted molar refractivity (Wildman–Crippen MR) is 109 cm³/mol. The molecule has 0 spiro atoms. The summed E-state index contributed by atoms with van der Waals surface area (Å²) in [4.78, 5) is 15.1. The Morgan fingerprint density at radius 2 is 1.96 bits per heavy atom. The molecular formula is C24H35NO2. The molecule has 3 fully saturated rings. The van der Waals surface area contributed by atoms with Gasteiger partial charge in [-0.25, -0.2) is 0 Å². The van der Waals surface area contributed by atoms with Crippen LogP contribution in [0, 0.1) is 11.3 Å². The van der Waals surface area contributed by atoms with Crippen molar-refractivity contribution < 1.29 is 9.90 Å². The van der Waals surface area contributed by atoms with Gasteiger partial charge >= 0.3 is 0 Å². The SMILES string of the molecule is CC(=O)C12CCCC1CC(N1CCC(c3cccc(C(C)(C)O)c3)CC1)C2. The van der Waals surface area contributed by atoms with Crippen LogP contribution in [-0.2, 0) is 10.4 Å². The second-order valence-electron chi connectivity index (χ2n) is 9.89. The Labute approximate surface area is 164 Å². The van der Waals surface area contributed by atoms with Crippen molar-refractivity contribution >= 4 is 5.78 Å². The third kappa shape index (κ3) is 3.49. The van der Waals surface area contributed by atoms with Crippen LogP contribution in [0.25, 0.3) is 0 Å². The summed E-state index contributed by atoms with van der Waals surface area (Å²) in [5.41, 5.74) is 1.62. The van der Waals surface area contributed by atoms with E-state index in [-0.39, 0.29) is 5.41 Å². The molecule has 1 aliphatic heterocycles. The van der Waals surface area contributed by atoms with Crippen molar-refractivity contribution in [3.8, 4) is 0 Å². The number of Topliss-reactive ketones (excluding diaryl/α,β-unsaturated/α-hetero) is 1. The molecule has 1 heterocycles. The molecule has 3 aliphatic rings. The molecule has 3 unspecified atom stereocenters. The van der Waals surface area contributed by atoms with Crippen molar-refractivity contribution in [1.29, 1.82) is 0 Å². The molecule has 2 saturated carbocycles. The van der Waals surface area contributed by atoms with E-state index in [4.69, 9.17) is 0 Å². The van der Waals surface area contributed by atoms with Gasteiger partial charge in [0.05, 0.1) is 5.60 Å². The van der Waals surface area contributed by atoms with E-state index in [1.165, 1.54) is 37.7 Å². The maximum absolute atomic E-state index is 12.4. The highest BCUT2D eigenvalue weighted by Crippen LogP contribution is 2.56. The summed E-state index contributed by atoms with van der Waals surface area (Å²) in [6, 6.07) is 9.15. The van der Waals surface area contributed by atoms with E-state index in [1.54, 1.807) is 0 Å². The first-order valence-electron chi connectivity index (χ1n) is 10.9. The van der Waals surface area contributed by atoms with E-state index in [2.05, 4.69) is 23.1 Å². The smallest absolute Gasteiger partial charge is 0.136 e. The number of nitrogens with zero attached hydrogens (tertiary/aromatic N) is 1. The number of likely N-dealkylation sites (tertiary alicyclic amines) is 1. The summed E-state index contributed by atoms with van der Waals surface area (Å²) in [6.45, 7) is 7.83. The van der Waals surface area contributed by atoms with Crippen LogP contribution in [-0.4, -0.2) is 34.9 Å². The molecule has 27 heavy (non-hydrogen) atoms. The maximum atomic E-state index is 12.4. The van der Waals surface area contributed by atoms with Gasteiger partial charge in [0.1, 0.15) is 5.78 Å². The number of carbonyl (C=O) groups excluding carboxylic acids is 1. The topological polar surface area (TPSA) is 40.5 Å². The summed E-state index contributed by atoms with van der Waals surface area (Å²) in [5, 5.41) is 10.3. The number of hydrogen-bond donors (Lipinski definition) is 1. The number of ketones is 1. The van der Waals surface area contributed by atoms with Gasteiger partial charge in [0.25, 0.3) is 0 Å². The molecule has 1 aromatic carbocycles. The average Bonchev–Trinajstić information content (AvgIpc) is 3.20. The molecule has 3 heteroatoms. The van der Waals surface area contributed by atoms with E-state index in [0.29, 0.717) is 23.7 Å². The van der Waals surface area contributed by atoms with E-state index in [9.17, 15) is 9.90 Å². The standard InChI is InChI=1S/C24H35NO2/c1-17(26)24-11-5-8-21(24)15-22(16-24)25-12-9-18(10-13-25)19-6-4-7-20(14-19)23(2,3)27/h4,6-7,14,18,21-22,27H,5,8-13,15-16H2,1-3H3. The summed E-state index contributed by atoms with van der Waals surface area (Å²) in [6.07, 6.45) is 8.34. The first-order valence-corrected chi connectivity index (χ1v) is 10.9. The molecule has 0 bridgehead atoms. The Morgan fingerprint density at radius 3 is 2.59 bits per heavy atom. The largest absolute Gasteiger partial charge is 0.386 e. The van der Waals surface area contributed by atoms with Gasteiger partial charge in [0.15, 0.2) is 0 Å². The minimum Gasteiger partial charge on any atom is -0.386 e. The van der Waals surface area contributed by atoms with Crippen molar-refractivity contribution in [3.63, 3.8) is 0 Å². The number of fused-ring (bicyclic) bond motifs is 1. The summed E-state index contributed by atoms with van der Waals surface area (Å²) < 4.78 is 0. The highest BCUT2D eigenvalue weighted by atomic mass is 16.3. The quantitative estimate of drug-likeness (QED) is 0.841. The molecule has 0 amide bonds. The third-order valence-corrected chi connectivity index (χ3v) is 7.93. The minimum atomic E-state index is -0.778. The van der Waals surface area contributed by atoms with Crippen molar-refractivity contribution in [2.45, 2.75) is 83.3 Å². The Kier molecular flexibility index (Phi) is 4.97. The molecule has 0 aromatic heterocycles. The molecule has 4 rings (SSSR count). The third-order valence-electron chi connectivity index (χ3n) is 7.93. The van der Waals surface area contributed by atoms with Gasteiger partial charge in [-0.2, -0.15) is 0 Å². The zero-order valence-corrected chi connectivity index (χ0v) is 17.2. The van der Waals surface area contributed by atoms with Gasteiger partial charge < -0.3 is 10.0 Å². The Morgan fingerprint density at radius 1 is 1.22 bits per heavy atom. The predicted octanol–water partition coefficient (Wildman–Crippen LogP) is 4.63. The van der Waals surface area contributed by atoms with Gasteiger partial charge in [-0.05, 0) is 95.3 Å². The van der Waals surface area contributed by atoms with Gasteiger partial charge in [-0.15, -0.1) is 0 Å². The second-order valence-corrected chi connectivity index (χ2v) is 9.89. The van der Waals surface area contributed by atoms with Crippen LogP contribution >= 0.6 is 0 Å². The Hall–Kier alpha value is -1.19. The van der Waals surface area contributed by atoms with Crippen LogP contribution in [0.1, 0.15) is 82.8 Å². The molecular weight excluding hydrogens is 334 g/mol. The molecule has 3 nitrogen and oxygen atoms in total. The fourth-order valence-corrected chi connectivity index (χ4v) is 6.25. The number of rotatable bonds is 4. The molecule has 1 saturated heterocycles. The first kappa shape index (κ1) is 19.1. The average molecular weight is 370 g/mol. The Bertz CT molecular complexity index is 699. The second kappa shape index (κ2) is 7.00. The molecule has 0 radical (unpaired) electrons. The molecule has 148 valence electrons. The zero-order valence-electron chi connectivity index (χ0n) is 17.2. The number of aliphatic hydroxyl groups is 1. The maximum Gasteiger partial charge on any atom is 0.136 e. The minimum absolute atomic E-state index is 0.0164. The fourth-order valence-electron chi connectivity index (χ4n) is 6.25. The molecule has 2 aliphatic carbocycles. The first-order chi connectivity index (χ1) is 12.8. The highest BCUT2D eigenvalue weighted by Gasteiger charge is 2.54. The van der Waals surface area contributed by atoms with Crippen molar-refractivity contribution in [2.75, 3.05) is 13.1 Å². The zero-order chi connectivity index (χ0) is 19.2. The van der Waals surface area contributed by atoms with Crippen LogP contribution in [0.4, 0.5) is 0 Å². The summed E-state index contributed by atoms with van der Waals surface area (Å²) in [5.74, 6) is 1.68. The summed E-state index contributed by atoms with van der Waals surface area (Å²) in [7, 11) is 0. The van der Waals surface area contributed by atoms with Crippen LogP contribution in [0.3, 0.4) is 0 Å². The number of benzene rings is 1. The Balaban J connectivity index is 1.40. The van der Waals surface area contributed by atoms with Crippen molar-refractivity contribution in [1.82, 2.24) is 4.90 Å². The number of carbonyl (C=O) groups is 1. The van der Waals surface area contributed by atoms with Gasteiger partial charge in [0.2, 0.25) is 0 Å². The molecule has 1 aromatic rings.